The number of rotatable bonds is 4. The quantitative estimate of drug-likeness (QED) is 0.646. The van der Waals surface area contributed by atoms with Crippen molar-refractivity contribution in [2.24, 2.45) is 5.73 Å². The standard InChI is InChI=1S/C5H11NO2S.CH4/c1-9-3-2-4(6)5(7)8;/h4H,2-3,6H2,1H3,(H,7,8);1H4/t4-;/m1./s1. The SMILES string of the molecule is C.CSCC[C@@H](N)C(=O)O. The number of hydrogen-bond acceptors (Lipinski definition) is 3. The number of thioether (sulfide) groups is 1. The highest BCUT2D eigenvalue weighted by atomic mass is 32.2. The van der Waals surface area contributed by atoms with E-state index in [0.717, 1.165) is 5.75 Å². The fourth-order valence-corrected chi connectivity index (χ4v) is 0.858. The molecule has 1 atom stereocenters. The van der Waals surface area contributed by atoms with Crippen molar-refractivity contribution in [3.05, 3.63) is 0 Å². The van der Waals surface area contributed by atoms with Gasteiger partial charge in [0.05, 0.1) is 0 Å². The molecule has 4 heteroatoms. The number of carboxylic acid groups (broad SMARTS) is 1. The van der Waals surface area contributed by atoms with Gasteiger partial charge in [0.15, 0.2) is 0 Å². The van der Waals surface area contributed by atoms with Crippen LogP contribution in [0.5, 0.6) is 0 Å². The highest BCUT2D eigenvalue weighted by Gasteiger charge is 2.08. The van der Waals surface area contributed by atoms with Gasteiger partial charge in [-0.15, -0.1) is 0 Å². The smallest absolute Gasteiger partial charge is 0.320 e. The minimum Gasteiger partial charge on any atom is -0.480 e. The Bertz CT molecular complexity index is 97.7. The Hall–Kier alpha value is -0.220. The summed E-state index contributed by atoms with van der Waals surface area (Å²) in [6.45, 7) is 0. The number of hydrogen-bond donors (Lipinski definition) is 2. The van der Waals surface area contributed by atoms with Gasteiger partial charge in [0, 0.05) is 0 Å². The second-order valence-corrected chi connectivity index (χ2v) is 2.71. The Labute approximate surface area is 66.0 Å². The summed E-state index contributed by atoms with van der Waals surface area (Å²) < 4.78 is 0. The number of aliphatic carboxylic acids is 1. The summed E-state index contributed by atoms with van der Waals surface area (Å²) in [4.78, 5) is 10.1. The molecule has 0 saturated heterocycles. The second kappa shape index (κ2) is 6.89. The molecule has 3 N–H and O–H groups in total. The van der Waals surface area contributed by atoms with Crippen LogP contribution in [0.25, 0.3) is 0 Å². The topological polar surface area (TPSA) is 63.3 Å². The third-order valence-corrected chi connectivity index (χ3v) is 1.59. The van der Waals surface area contributed by atoms with Gasteiger partial charge in [0.1, 0.15) is 6.04 Å². The van der Waals surface area contributed by atoms with E-state index in [1.165, 1.54) is 0 Å². The summed E-state index contributed by atoms with van der Waals surface area (Å²) in [7, 11) is 0. The van der Waals surface area contributed by atoms with Crippen LogP contribution in [0.3, 0.4) is 0 Å². The van der Waals surface area contributed by atoms with E-state index < -0.39 is 12.0 Å². The molecule has 0 aliphatic heterocycles. The van der Waals surface area contributed by atoms with Gasteiger partial charge in [-0.2, -0.15) is 11.8 Å². The first kappa shape index (κ1) is 12.5. The van der Waals surface area contributed by atoms with E-state index in [1.807, 2.05) is 6.26 Å². The fourth-order valence-electron chi connectivity index (χ4n) is 0.368. The summed E-state index contributed by atoms with van der Waals surface area (Å²) in [5, 5.41) is 8.27. The average molecular weight is 165 g/mol. The molecule has 0 aromatic carbocycles. The molecule has 0 saturated carbocycles. The molecule has 0 amide bonds. The summed E-state index contributed by atoms with van der Waals surface area (Å²) in [5.74, 6) is -0.1000. The molecule has 0 bridgehead atoms. The molecule has 3 nitrogen and oxygen atoms in total. The fraction of sp³-hybridized carbons (Fsp3) is 0.833. The monoisotopic (exact) mass is 165 g/mol. The summed E-state index contributed by atoms with van der Waals surface area (Å²) in [6.07, 6.45) is 2.48. The van der Waals surface area contributed by atoms with Crippen LogP contribution in [0, 0.1) is 0 Å². The van der Waals surface area contributed by atoms with Crippen LogP contribution in [0.4, 0.5) is 0 Å². The van der Waals surface area contributed by atoms with Crippen molar-refractivity contribution < 1.29 is 9.90 Å². The zero-order chi connectivity index (χ0) is 7.28. The van der Waals surface area contributed by atoms with Crippen molar-refractivity contribution in [1.82, 2.24) is 0 Å². The molecule has 0 aliphatic carbocycles. The summed E-state index contributed by atoms with van der Waals surface area (Å²) in [5.41, 5.74) is 5.19. The molecule has 0 aromatic rings. The van der Waals surface area contributed by atoms with Crippen molar-refractivity contribution in [3.63, 3.8) is 0 Å². The average Bonchev–Trinajstić information content (AvgIpc) is 1.82. The highest BCUT2D eigenvalue weighted by molar-refractivity contribution is 7.98. The van der Waals surface area contributed by atoms with Gasteiger partial charge in [-0.25, -0.2) is 0 Å². The summed E-state index contributed by atoms with van der Waals surface area (Å²) in [6, 6.07) is -0.683. The van der Waals surface area contributed by atoms with Gasteiger partial charge in [0.25, 0.3) is 0 Å². The normalized spacial score (nSPS) is 11.8. The third kappa shape index (κ3) is 5.91. The Balaban J connectivity index is 0. The molecule has 0 radical (unpaired) electrons. The van der Waals surface area contributed by atoms with Gasteiger partial charge < -0.3 is 10.8 Å². The van der Waals surface area contributed by atoms with Crippen molar-refractivity contribution in [3.8, 4) is 0 Å². The predicted octanol–water partition coefficient (Wildman–Crippen LogP) is 0.788. The molecular weight excluding hydrogens is 150 g/mol. The molecule has 0 fully saturated rings. The lowest BCUT2D eigenvalue weighted by Gasteiger charge is -2.02. The van der Waals surface area contributed by atoms with Crippen molar-refractivity contribution in [2.75, 3.05) is 12.0 Å². The number of carbonyl (C=O) groups is 1. The molecule has 0 spiro atoms. The van der Waals surface area contributed by atoms with Crippen LogP contribution in [-0.4, -0.2) is 29.1 Å². The second-order valence-electron chi connectivity index (χ2n) is 1.73. The number of nitrogens with two attached hydrogens (primary N) is 1. The maximum atomic E-state index is 10.1. The van der Waals surface area contributed by atoms with E-state index in [-0.39, 0.29) is 7.43 Å². The lowest BCUT2D eigenvalue weighted by atomic mass is 10.2. The highest BCUT2D eigenvalue weighted by Crippen LogP contribution is 1.97. The van der Waals surface area contributed by atoms with E-state index >= 15 is 0 Å². The van der Waals surface area contributed by atoms with Crippen LogP contribution in [0.2, 0.25) is 0 Å². The van der Waals surface area contributed by atoms with Gasteiger partial charge in [-0.3, -0.25) is 4.79 Å². The Kier molecular flexibility index (Phi) is 8.59. The van der Waals surface area contributed by atoms with Crippen molar-refractivity contribution >= 4 is 17.7 Å². The lowest BCUT2D eigenvalue weighted by molar-refractivity contribution is -0.138. The molecule has 0 unspecified atom stereocenters. The third-order valence-electron chi connectivity index (χ3n) is 0.950. The van der Waals surface area contributed by atoms with E-state index in [0.29, 0.717) is 6.42 Å². The molecule has 0 rings (SSSR count). The lowest BCUT2D eigenvalue weighted by Crippen LogP contribution is -2.30. The first-order valence-electron chi connectivity index (χ1n) is 2.65. The molecule has 0 heterocycles. The van der Waals surface area contributed by atoms with E-state index in [2.05, 4.69) is 0 Å². The van der Waals surface area contributed by atoms with Gasteiger partial charge in [-0.1, -0.05) is 7.43 Å². The maximum absolute atomic E-state index is 10.1. The first-order chi connectivity index (χ1) is 4.18. The zero-order valence-electron chi connectivity index (χ0n) is 5.33. The minimum atomic E-state index is -0.913. The van der Waals surface area contributed by atoms with E-state index in [9.17, 15) is 4.79 Å². The van der Waals surface area contributed by atoms with Crippen molar-refractivity contribution in [1.29, 1.82) is 0 Å². The predicted molar refractivity (Wildman–Crippen MR) is 45.3 cm³/mol. The van der Waals surface area contributed by atoms with Gasteiger partial charge >= 0.3 is 5.97 Å². The van der Waals surface area contributed by atoms with Crippen LogP contribution >= 0.6 is 11.8 Å². The Morgan fingerprint density at radius 3 is 2.60 bits per heavy atom. The van der Waals surface area contributed by atoms with Crippen LogP contribution in [0.15, 0.2) is 0 Å². The molecule has 0 aromatic heterocycles. The van der Waals surface area contributed by atoms with Crippen LogP contribution in [0.1, 0.15) is 13.8 Å². The molecule has 10 heavy (non-hydrogen) atoms. The van der Waals surface area contributed by atoms with Crippen molar-refractivity contribution in [2.45, 2.75) is 19.9 Å². The van der Waals surface area contributed by atoms with Crippen LogP contribution in [-0.2, 0) is 4.79 Å². The summed E-state index contributed by atoms with van der Waals surface area (Å²) >= 11 is 1.60. The Morgan fingerprint density at radius 1 is 1.80 bits per heavy atom. The zero-order valence-corrected chi connectivity index (χ0v) is 6.15. The van der Waals surface area contributed by atoms with Gasteiger partial charge in [0.2, 0.25) is 0 Å². The Morgan fingerprint density at radius 2 is 2.30 bits per heavy atom. The van der Waals surface area contributed by atoms with E-state index in [1.54, 1.807) is 11.8 Å². The minimum absolute atomic E-state index is 0. The molecule has 0 aliphatic rings. The van der Waals surface area contributed by atoms with Gasteiger partial charge in [-0.05, 0) is 18.4 Å². The van der Waals surface area contributed by atoms with E-state index in [4.69, 9.17) is 10.8 Å². The first-order valence-corrected chi connectivity index (χ1v) is 4.05. The maximum Gasteiger partial charge on any atom is 0.320 e. The molecule has 62 valence electrons. The number of carboxylic acids is 1. The molecular formula is C6H15NO2S. The van der Waals surface area contributed by atoms with Crippen LogP contribution < -0.4 is 5.73 Å². The largest absolute Gasteiger partial charge is 0.480 e.